The third kappa shape index (κ3) is 5.20. The largest absolute Gasteiger partial charge is 0.389 e. The van der Waals surface area contributed by atoms with E-state index in [2.05, 4.69) is 12.2 Å². The van der Waals surface area contributed by atoms with E-state index in [1.165, 1.54) is 12.8 Å². The van der Waals surface area contributed by atoms with E-state index in [0.29, 0.717) is 0 Å². The quantitative estimate of drug-likeness (QED) is 0.682. The van der Waals surface area contributed by atoms with E-state index < -0.39 is 6.10 Å². The van der Waals surface area contributed by atoms with Gasteiger partial charge < -0.3 is 16.2 Å². The lowest BCUT2D eigenvalue weighted by Gasteiger charge is -2.14. The van der Waals surface area contributed by atoms with Crippen LogP contribution in [0.1, 0.15) is 44.8 Å². The third-order valence-electron chi connectivity index (χ3n) is 2.87. The maximum Gasteiger partial charge on any atom is 0.0762 e. The van der Waals surface area contributed by atoms with Gasteiger partial charge in [-0.05, 0) is 31.0 Å². The average molecular weight is 236 g/mol. The molecule has 0 saturated heterocycles. The molecule has 1 aromatic carbocycles. The van der Waals surface area contributed by atoms with Gasteiger partial charge in [-0.3, -0.25) is 0 Å². The van der Waals surface area contributed by atoms with E-state index in [0.717, 1.165) is 24.2 Å². The molecule has 0 aliphatic heterocycles. The highest BCUT2D eigenvalue weighted by Gasteiger charge is 2.04. The van der Waals surface area contributed by atoms with Crippen LogP contribution in [0.15, 0.2) is 24.3 Å². The number of rotatable bonds is 7. The lowest BCUT2D eigenvalue weighted by molar-refractivity contribution is 0.199. The van der Waals surface area contributed by atoms with Crippen LogP contribution >= 0.6 is 0 Å². The minimum atomic E-state index is -0.425. The van der Waals surface area contributed by atoms with Gasteiger partial charge in [0.2, 0.25) is 0 Å². The van der Waals surface area contributed by atoms with Gasteiger partial charge in [0.15, 0.2) is 0 Å². The molecule has 0 bridgehead atoms. The van der Waals surface area contributed by atoms with E-state index in [4.69, 9.17) is 5.73 Å². The molecule has 0 aromatic heterocycles. The molecule has 17 heavy (non-hydrogen) atoms. The second-order valence-electron chi connectivity index (χ2n) is 4.58. The Morgan fingerprint density at radius 1 is 1.41 bits per heavy atom. The summed E-state index contributed by atoms with van der Waals surface area (Å²) in [5, 5.41) is 12.8. The van der Waals surface area contributed by atoms with E-state index in [1.807, 2.05) is 24.3 Å². The lowest BCUT2D eigenvalue weighted by atomic mass is 10.1. The zero-order valence-electron chi connectivity index (χ0n) is 10.8. The first kappa shape index (κ1) is 14.0. The monoisotopic (exact) mass is 236 g/mol. The van der Waals surface area contributed by atoms with E-state index >= 15 is 0 Å². The number of hydrogen-bond donors (Lipinski definition) is 3. The third-order valence-corrected chi connectivity index (χ3v) is 2.87. The zero-order chi connectivity index (χ0) is 12.7. The first-order valence-corrected chi connectivity index (χ1v) is 6.41. The smallest absolute Gasteiger partial charge is 0.0762 e. The Bertz CT molecular complexity index is 326. The van der Waals surface area contributed by atoms with Crippen LogP contribution in [0, 0.1) is 0 Å². The summed E-state index contributed by atoms with van der Waals surface area (Å²) in [6.07, 6.45) is 2.99. The van der Waals surface area contributed by atoms with Crippen molar-refractivity contribution >= 4 is 5.69 Å². The van der Waals surface area contributed by atoms with Crippen molar-refractivity contribution in [3.05, 3.63) is 29.8 Å². The highest BCUT2D eigenvalue weighted by molar-refractivity contribution is 5.46. The molecule has 0 radical (unpaired) electrons. The molecule has 2 unspecified atom stereocenters. The number of unbranched alkanes of at least 4 members (excludes halogenated alkanes) is 1. The van der Waals surface area contributed by atoms with Gasteiger partial charge in [0.1, 0.15) is 0 Å². The highest BCUT2D eigenvalue weighted by atomic mass is 16.3. The molecular weight excluding hydrogens is 212 g/mol. The summed E-state index contributed by atoms with van der Waals surface area (Å²) in [4.78, 5) is 0. The predicted octanol–water partition coefficient (Wildman–Crippen LogP) is 2.67. The number of aliphatic hydroxyl groups is 1. The minimum Gasteiger partial charge on any atom is -0.389 e. The molecule has 0 fully saturated rings. The number of anilines is 1. The van der Waals surface area contributed by atoms with Gasteiger partial charge in [-0.25, -0.2) is 0 Å². The zero-order valence-corrected chi connectivity index (χ0v) is 10.8. The van der Waals surface area contributed by atoms with Gasteiger partial charge in [0, 0.05) is 18.3 Å². The Balaban J connectivity index is 2.43. The van der Waals surface area contributed by atoms with Crippen LogP contribution in [-0.2, 0) is 0 Å². The lowest BCUT2D eigenvalue weighted by Crippen LogP contribution is -2.28. The molecular formula is C14H24N2O. The second-order valence-corrected chi connectivity index (χ2v) is 4.58. The normalized spacial score (nSPS) is 14.4. The van der Waals surface area contributed by atoms with Gasteiger partial charge >= 0.3 is 0 Å². The number of nitrogens with one attached hydrogen (secondary N) is 1. The van der Waals surface area contributed by atoms with Gasteiger partial charge in [-0.1, -0.05) is 31.9 Å². The SMILES string of the molecule is CCCCC(N)CNc1cccc(C(C)O)c1. The summed E-state index contributed by atoms with van der Waals surface area (Å²) < 4.78 is 0. The van der Waals surface area contributed by atoms with Crippen LogP contribution in [0.4, 0.5) is 5.69 Å². The number of benzene rings is 1. The summed E-state index contributed by atoms with van der Waals surface area (Å²) in [6.45, 7) is 4.72. The highest BCUT2D eigenvalue weighted by Crippen LogP contribution is 2.16. The molecule has 1 rings (SSSR count). The van der Waals surface area contributed by atoms with Crippen LogP contribution in [0.2, 0.25) is 0 Å². The van der Waals surface area contributed by atoms with Crippen LogP contribution < -0.4 is 11.1 Å². The maximum atomic E-state index is 9.49. The van der Waals surface area contributed by atoms with E-state index in [-0.39, 0.29) is 6.04 Å². The van der Waals surface area contributed by atoms with Crippen molar-refractivity contribution in [2.45, 2.75) is 45.3 Å². The van der Waals surface area contributed by atoms with Crippen LogP contribution in [-0.4, -0.2) is 17.7 Å². The molecule has 3 heteroatoms. The number of aliphatic hydroxyl groups excluding tert-OH is 1. The van der Waals surface area contributed by atoms with E-state index in [9.17, 15) is 5.11 Å². The van der Waals surface area contributed by atoms with Crippen LogP contribution in [0.25, 0.3) is 0 Å². The molecule has 3 nitrogen and oxygen atoms in total. The van der Waals surface area contributed by atoms with Crippen molar-refractivity contribution in [1.29, 1.82) is 0 Å². The Morgan fingerprint density at radius 2 is 2.18 bits per heavy atom. The Kier molecular flexibility index (Phi) is 6.01. The molecule has 0 heterocycles. The second kappa shape index (κ2) is 7.30. The van der Waals surface area contributed by atoms with Crippen molar-refractivity contribution in [3.8, 4) is 0 Å². The summed E-state index contributed by atoms with van der Waals surface area (Å²) in [7, 11) is 0. The number of hydrogen-bond acceptors (Lipinski definition) is 3. The fourth-order valence-corrected chi connectivity index (χ4v) is 1.73. The Morgan fingerprint density at radius 3 is 2.82 bits per heavy atom. The fraction of sp³-hybridized carbons (Fsp3) is 0.571. The molecule has 0 aliphatic rings. The average Bonchev–Trinajstić information content (AvgIpc) is 2.34. The molecule has 1 aromatic rings. The maximum absolute atomic E-state index is 9.49. The van der Waals surface area contributed by atoms with Gasteiger partial charge in [-0.2, -0.15) is 0 Å². The first-order chi connectivity index (χ1) is 8.13. The van der Waals surface area contributed by atoms with Gasteiger partial charge in [0.05, 0.1) is 6.10 Å². The standard InChI is InChI=1S/C14H24N2O/c1-3-4-7-13(15)10-16-14-8-5-6-12(9-14)11(2)17/h5-6,8-9,11,13,16-17H,3-4,7,10,15H2,1-2H3. The summed E-state index contributed by atoms with van der Waals surface area (Å²) in [5.41, 5.74) is 7.94. The molecule has 96 valence electrons. The summed E-state index contributed by atoms with van der Waals surface area (Å²) >= 11 is 0. The predicted molar refractivity (Wildman–Crippen MR) is 73.1 cm³/mol. The van der Waals surface area contributed by atoms with Crippen molar-refractivity contribution < 1.29 is 5.11 Å². The van der Waals surface area contributed by atoms with Crippen molar-refractivity contribution in [2.24, 2.45) is 5.73 Å². The van der Waals surface area contributed by atoms with Crippen molar-refractivity contribution in [2.75, 3.05) is 11.9 Å². The van der Waals surface area contributed by atoms with Crippen LogP contribution in [0.3, 0.4) is 0 Å². The van der Waals surface area contributed by atoms with Crippen molar-refractivity contribution in [1.82, 2.24) is 0 Å². The molecule has 0 amide bonds. The Labute approximate surface area is 104 Å². The van der Waals surface area contributed by atoms with Gasteiger partial charge in [0.25, 0.3) is 0 Å². The summed E-state index contributed by atoms with van der Waals surface area (Å²) in [5.74, 6) is 0. The topological polar surface area (TPSA) is 58.3 Å². The van der Waals surface area contributed by atoms with Crippen LogP contribution in [0.5, 0.6) is 0 Å². The molecule has 0 saturated carbocycles. The fourth-order valence-electron chi connectivity index (χ4n) is 1.73. The summed E-state index contributed by atoms with van der Waals surface area (Å²) in [6, 6.07) is 8.04. The molecule has 2 atom stereocenters. The first-order valence-electron chi connectivity index (χ1n) is 6.41. The molecule has 0 spiro atoms. The van der Waals surface area contributed by atoms with E-state index in [1.54, 1.807) is 6.92 Å². The molecule has 4 N–H and O–H groups in total. The number of nitrogens with two attached hydrogens (primary N) is 1. The minimum absolute atomic E-state index is 0.199. The van der Waals surface area contributed by atoms with Crippen molar-refractivity contribution in [3.63, 3.8) is 0 Å². The van der Waals surface area contributed by atoms with Gasteiger partial charge in [-0.15, -0.1) is 0 Å². The Hall–Kier alpha value is -1.06. The molecule has 0 aliphatic carbocycles.